The molecule has 0 aliphatic rings. The van der Waals surface area contributed by atoms with Crippen molar-refractivity contribution in [2.24, 2.45) is 0 Å². The Hall–Kier alpha value is -2.14. The van der Waals surface area contributed by atoms with Gasteiger partial charge in [-0.2, -0.15) is 5.10 Å². The van der Waals surface area contributed by atoms with Crippen molar-refractivity contribution in [2.45, 2.75) is 6.92 Å². The normalized spacial score (nSPS) is 10.8. The molecule has 0 bridgehead atoms. The highest BCUT2D eigenvalue weighted by atomic mass is 79.9. The lowest BCUT2D eigenvalue weighted by Crippen LogP contribution is -1.97. The van der Waals surface area contributed by atoms with Gasteiger partial charge in [0, 0.05) is 10.0 Å². The first-order valence-electron chi connectivity index (χ1n) is 6.43. The second-order valence-corrected chi connectivity index (χ2v) is 5.70. The zero-order valence-corrected chi connectivity index (χ0v) is 12.9. The predicted octanol–water partition coefficient (Wildman–Crippen LogP) is 4.33. The molecule has 3 rings (SSSR count). The zero-order valence-electron chi connectivity index (χ0n) is 11.3. The van der Waals surface area contributed by atoms with Gasteiger partial charge in [-0.1, -0.05) is 34.1 Å². The molecule has 21 heavy (non-hydrogen) atoms. The number of aryl methyl sites for hydroxylation is 1. The number of nitrogens with two attached hydrogens (primary N) is 1. The number of hydrogen-bond donors (Lipinski definition) is 1. The number of nitrogens with zero attached hydrogens (tertiary/aromatic N) is 2. The van der Waals surface area contributed by atoms with E-state index in [1.54, 1.807) is 23.0 Å². The van der Waals surface area contributed by atoms with Crippen molar-refractivity contribution in [1.82, 2.24) is 9.78 Å². The van der Waals surface area contributed by atoms with Crippen LogP contribution in [-0.2, 0) is 0 Å². The second-order valence-electron chi connectivity index (χ2n) is 4.79. The van der Waals surface area contributed by atoms with E-state index in [-0.39, 0.29) is 5.82 Å². The van der Waals surface area contributed by atoms with Gasteiger partial charge in [0.15, 0.2) is 0 Å². The van der Waals surface area contributed by atoms with E-state index in [0.29, 0.717) is 21.4 Å². The third-order valence-corrected chi connectivity index (χ3v) is 3.78. The minimum absolute atomic E-state index is 0.355. The van der Waals surface area contributed by atoms with Gasteiger partial charge in [0.25, 0.3) is 0 Å². The van der Waals surface area contributed by atoms with E-state index >= 15 is 0 Å². The number of anilines is 1. The molecule has 1 heterocycles. The van der Waals surface area contributed by atoms with Crippen molar-refractivity contribution in [3.05, 3.63) is 64.5 Å². The van der Waals surface area contributed by atoms with Crippen molar-refractivity contribution >= 4 is 21.6 Å². The van der Waals surface area contributed by atoms with Crippen molar-refractivity contribution in [3.63, 3.8) is 0 Å². The average Bonchev–Trinajstić information content (AvgIpc) is 2.81. The number of benzene rings is 2. The molecule has 2 N–H and O–H groups in total. The van der Waals surface area contributed by atoms with Gasteiger partial charge >= 0.3 is 0 Å². The molecule has 0 spiro atoms. The topological polar surface area (TPSA) is 43.8 Å². The molecule has 0 aliphatic carbocycles. The zero-order chi connectivity index (χ0) is 15.0. The molecule has 0 aliphatic heterocycles. The molecule has 5 heteroatoms. The first-order chi connectivity index (χ1) is 10.1. The molecule has 3 nitrogen and oxygen atoms in total. The van der Waals surface area contributed by atoms with Crippen molar-refractivity contribution in [1.29, 1.82) is 0 Å². The first kappa shape index (κ1) is 13.8. The van der Waals surface area contributed by atoms with E-state index in [0.717, 1.165) is 11.3 Å². The van der Waals surface area contributed by atoms with Gasteiger partial charge in [-0.05, 0) is 36.8 Å². The highest BCUT2D eigenvalue weighted by Crippen LogP contribution is 2.29. The highest BCUT2D eigenvalue weighted by molar-refractivity contribution is 9.10. The fourth-order valence-electron chi connectivity index (χ4n) is 2.22. The number of halogens is 2. The Labute approximate surface area is 130 Å². The Morgan fingerprint density at radius 1 is 1.19 bits per heavy atom. The molecule has 0 radical (unpaired) electrons. The fourth-order valence-corrected chi connectivity index (χ4v) is 2.56. The van der Waals surface area contributed by atoms with E-state index in [1.165, 1.54) is 6.07 Å². The lowest BCUT2D eigenvalue weighted by atomic mass is 10.1. The summed E-state index contributed by atoms with van der Waals surface area (Å²) in [5, 5.41) is 4.44. The van der Waals surface area contributed by atoms with Crippen LogP contribution >= 0.6 is 15.9 Å². The van der Waals surface area contributed by atoms with Crippen LogP contribution in [-0.4, -0.2) is 9.78 Å². The van der Waals surface area contributed by atoms with Crippen LogP contribution < -0.4 is 5.73 Å². The quantitative estimate of drug-likeness (QED) is 0.751. The summed E-state index contributed by atoms with van der Waals surface area (Å²) in [4.78, 5) is 0. The van der Waals surface area contributed by atoms with Crippen LogP contribution in [0.25, 0.3) is 16.9 Å². The van der Waals surface area contributed by atoms with E-state index in [2.05, 4.69) is 21.0 Å². The standard InChI is InChI=1S/C16H13BrFN3/c1-10-4-2-3-5-15(10)21-9-14(19)16(20-21)12-7-6-11(17)8-13(12)18/h2-9H,19H2,1H3. The smallest absolute Gasteiger partial charge is 0.133 e. The minimum Gasteiger partial charge on any atom is -0.396 e. The highest BCUT2D eigenvalue weighted by Gasteiger charge is 2.14. The van der Waals surface area contributed by atoms with Crippen LogP contribution in [0.2, 0.25) is 0 Å². The third kappa shape index (κ3) is 2.56. The molecular formula is C16H13BrFN3. The summed E-state index contributed by atoms with van der Waals surface area (Å²) in [5.74, 6) is -0.355. The molecule has 3 aromatic rings. The maximum absolute atomic E-state index is 14.1. The molecule has 2 aromatic carbocycles. The molecule has 1 aromatic heterocycles. The van der Waals surface area contributed by atoms with Crippen LogP contribution in [0.15, 0.2) is 53.1 Å². The molecule has 0 unspecified atom stereocenters. The third-order valence-electron chi connectivity index (χ3n) is 3.29. The molecule has 0 saturated carbocycles. The van der Waals surface area contributed by atoms with Gasteiger partial charge in [-0.15, -0.1) is 0 Å². The lowest BCUT2D eigenvalue weighted by molar-refractivity contribution is 0.629. The SMILES string of the molecule is Cc1ccccc1-n1cc(N)c(-c2ccc(Br)cc2F)n1. The summed E-state index contributed by atoms with van der Waals surface area (Å²) in [7, 11) is 0. The van der Waals surface area contributed by atoms with Crippen molar-refractivity contribution < 1.29 is 4.39 Å². The van der Waals surface area contributed by atoms with Gasteiger partial charge in [0.2, 0.25) is 0 Å². The number of hydrogen-bond acceptors (Lipinski definition) is 2. The van der Waals surface area contributed by atoms with E-state index in [1.807, 2.05) is 31.2 Å². The summed E-state index contributed by atoms with van der Waals surface area (Å²) in [5.41, 5.74) is 9.29. The van der Waals surface area contributed by atoms with E-state index in [4.69, 9.17) is 5.73 Å². The van der Waals surface area contributed by atoms with Crippen LogP contribution in [0.3, 0.4) is 0 Å². The van der Waals surface area contributed by atoms with Crippen LogP contribution in [0.5, 0.6) is 0 Å². The summed E-state index contributed by atoms with van der Waals surface area (Å²) < 4.78 is 16.4. The second kappa shape index (κ2) is 5.33. The fraction of sp³-hybridized carbons (Fsp3) is 0.0625. The Morgan fingerprint density at radius 2 is 1.95 bits per heavy atom. The van der Waals surface area contributed by atoms with Crippen molar-refractivity contribution in [3.8, 4) is 16.9 Å². The summed E-state index contributed by atoms with van der Waals surface area (Å²) in [6, 6.07) is 12.7. The molecule has 0 atom stereocenters. The van der Waals surface area contributed by atoms with E-state index < -0.39 is 0 Å². The van der Waals surface area contributed by atoms with Gasteiger partial charge in [0.1, 0.15) is 11.5 Å². The number of para-hydroxylation sites is 1. The molecule has 106 valence electrons. The Bertz CT molecular complexity index is 811. The molecule has 0 saturated heterocycles. The Morgan fingerprint density at radius 3 is 2.67 bits per heavy atom. The minimum atomic E-state index is -0.355. The average molecular weight is 346 g/mol. The predicted molar refractivity (Wildman–Crippen MR) is 85.8 cm³/mol. The molecule has 0 amide bonds. The summed E-state index contributed by atoms with van der Waals surface area (Å²) >= 11 is 3.24. The number of aromatic nitrogens is 2. The van der Waals surface area contributed by atoms with E-state index in [9.17, 15) is 4.39 Å². The number of rotatable bonds is 2. The van der Waals surface area contributed by atoms with Crippen LogP contribution in [0.1, 0.15) is 5.56 Å². The Balaban J connectivity index is 2.12. The first-order valence-corrected chi connectivity index (χ1v) is 7.22. The molecule has 0 fully saturated rings. The summed E-state index contributed by atoms with van der Waals surface area (Å²) in [6.45, 7) is 1.99. The van der Waals surface area contributed by atoms with Crippen molar-refractivity contribution in [2.75, 3.05) is 5.73 Å². The van der Waals surface area contributed by atoms with Gasteiger partial charge < -0.3 is 5.73 Å². The Kier molecular flexibility index (Phi) is 3.51. The van der Waals surface area contributed by atoms with Gasteiger partial charge in [0.05, 0.1) is 17.6 Å². The van der Waals surface area contributed by atoms with Gasteiger partial charge in [-0.3, -0.25) is 0 Å². The lowest BCUT2D eigenvalue weighted by Gasteiger charge is -2.05. The maximum atomic E-state index is 14.1. The van der Waals surface area contributed by atoms with Crippen LogP contribution in [0, 0.1) is 12.7 Å². The monoisotopic (exact) mass is 345 g/mol. The summed E-state index contributed by atoms with van der Waals surface area (Å²) in [6.07, 6.45) is 1.71. The maximum Gasteiger partial charge on any atom is 0.133 e. The molecular weight excluding hydrogens is 333 g/mol. The van der Waals surface area contributed by atoms with Gasteiger partial charge in [-0.25, -0.2) is 9.07 Å². The largest absolute Gasteiger partial charge is 0.396 e. The van der Waals surface area contributed by atoms with Crippen LogP contribution in [0.4, 0.5) is 10.1 Å². The number of nitrogen functional groups attached to an aromatic ring is 1.